The van der Waals surface area contributed by atoms with Crippen LogP contribution >= 0.6 is 0 Å². The molecule has 0 saturated heterocycles. The zero-order chi connectivity index (χ0) is 12.8. The maximum atomic E-state index is 11.8. The number of carbonyl (C=O) groups is 1. The smallest absolute Gasteiger partial charge is 0.240 e. The summed E-state index contributed by atoms with van der Waals surface area (Å²) in [5, 5.41) is 11.9. The Labute approximate surface area is 109 Å². The average molecular weight is 250 g/mol. The fourth-order valence-electron chi connectivity index (χ4n) is 2.71. The minimum Gasteiger partial charge on any atom is -0.376 e. The van der Waals surface area contributed by atoms with Crippen LogP contribution in [-0.4, -0.2) is 25.2 Å². The van der Waals surface area contributed by atoms with Gasteiger partial charge in [0.15, 0.2) is 0 Å². The van der Waals surface area contributed by atoms with Crippen LogP contribution < -0.4 is 5.32 Å². The van der Waals surface area contributed by atoms with Crippen LogP contribution in [0.15, 0.2) is 0 Å². The van der Waals surface area contributed by atoms with Crippen LogP contribution in [0.1, 0.15) is 51.4 Å². The Kier molecular flexibility index (Phi) is 4.60. The molecule has 1 N–H and O–H groups in total. The van der Waals surface area contributed by atoms with Gasteiger partial charge in [-0.3, -0.25) is 4.79 Å². The molecule has 0 atom stereocenters. The Bertz CT molecular complexity index is 325. The highest BCUT2D eigenvalue weighted by atomic mass is 16.5. The molecule has 2 aliphatic carbocycles. The van der Waals surface area contributed by atoms with Gasteiger partial charge in [0.25, 0.3) is 0 Å². The number of nitrogens with zero attached hydrogens (tertiary/aromatic N) is 1. The number of carbonyl (C=O) groups excluding carboxylic acids is 1. The summed E-state index contributed by atoms with van der Waals surface area (Å²) < 4.78 is 5.73. The lowest BCUT2D eigenvalue weighted by Gasteiger charge is -2.33. The molecule has 1 amide bonds. The van der Waals surface area contributed by atoms with Crippen LogP contribution in [-0.2, 0) is 9.53 Å². The molecule has 0 radical (unpaired) electrons. The molecular weight excluding hydrogens is 228 g/mol. The maximum absolute atomic E-state index is 11.8. The van der Waals surface area contributed by atoms with Gasteiger partial charge in [-0.1, -0.05) is 19.3 Å². The van der Waals surface area contributed by atoms with Crippen molar-refractivity contribution in [3.8, 4) is 6.07 Å². The second-order valence-electron chi connectivity index (χ2n) is 5.43. The van der Waals surface area contributed by atoms with E-state index in [0.29, 0.717) is 32.1 Å². The Morgan fingerprint density at radius 2 is 2.00 bits per heavy atom. The predicted octanol–water partition coefficient (Wildman–Crippen LogP) is 2.15. The van der Waals surface area contributed by atoms with E-state index in [0.717, 1.165) is 19.3 Å². The summed E-state index contributed by atoms with van der Waals surface area (Å²) in [7, 11) is 0. The summed E-state index contributed by atoms with van der Waals surface area (Å²) in [6.45, 7) is 1.09. The molecular formula is C14H22N2O2. The second kappa shape index (κ2) is 6.19. The minimum absolute atomic E-state index is 0.108. The molecule has 0 bridgehead atoms. The summed E-state index contributed by atoms with van der Waals surface area (Å²) in [5.41, 5.74) is -0.731. The van der Waals surface area contributed by atoms with Crippen molar-refractivity contribution >= 4 is 5.91 Å². The van der Waals surface area contributed by atoms with Crippen molar-refractivity contribution in [3.05, 3.63) is 0 Å². The number of hydrogen-bond donors (Lipinski definition) is 1. The summed E-state index contributed by atoms with van der Waals surface area (Å²) in [6, 6.07) is 2.15. The first-order valence-corrected chi connectivity index (χ1v) is 7.08. The average Bonchev–Trinajstić information content (AvgIpc) is 2.35. The van der Waals surface area contributed by atoms with E-state index in [1.54, 1.807) is 0 Å². The SMILES string of the molecule is N#CC1(C(=O)NCCOC2CCCCC2)CCC1. The van der Waals surface area contributed by atoms with Gasteiger partial charge < -0.3 is 10.1 Å². The van der Waals surface area contributed by atoms with Crippen LogP contribution in [0.2, 0.25) is 0 Å². The van der Waals surface area contributed by atoms with Crippen LogP contribution in [0.25, 0.3) is 0 Å². The largest absolute Gasteiger partial charge is 0.376 e. The van der Waals surface area contributed by atoms with Crippen LogP contribution in [0.4, 0.5) is 0 Å². The van der Waals surface area contributed by atoms with E-state index in [1.165, 1.54) is 19.3 Å². The third kappa shape index (κ3) is 3.02. The van der Waals surface area contributed by atoms with Crippen LogP contribution in [0, 0.1) is 16.7 Å². The molecule has 0 spiro atoms. The fourth-order valence-corrected chi connectivity index (χ4v) is 2.71. The third-order valence-corrected chi connectivity index (χ3v) is 4.15. The summed E-state index contributed by atoms with van der Waals surface area (Å²) in [5.74, 6) is -0.108. The maximum Gasteiger partial charge on any atom is 0.240 e. The second-order valence-corrected chi connectivity index (χ2v) is 5.43. The monoisotopic (exact) mass is 250 g/mol. The lowest BCUT2D eigenvalue weighted by atomic mass is 9.69. The van der Waals surface area contributed by atoms with Gasteiger partial charge in [-0.25, -0.2) is 0 Å². The number of nitriles is 1. The minimum atomic E-state index is -0.731. The normalized spacial score (nSPS) is 22.8. The van der Waals surface area contributed by atoms with E-state index in [4.69, 9.17) is 10.00 Å². The Morgan fingerprint density at radius 1 is 1.28 bits per heavy atom. The standard InChI is InChI=1S/C14H22N2O2/c15-11-14(7-4-8-14)13(17)16-9-10-18-12-5-2-1-3-6-12/h12H,1-10H2,(H,16,17). The molecule has 2 aliphatic rings. The number of rotatable bonds is 5. The molecule has 2 saturated carbocycles. The first kappa shape index (κ1) is 13.4. The van der Waals surface area contributed by atoms with Gasteiger partial charge in [0.1, 0.15) is 5.41 Å². The van der Waals surface area contributed by atoms with E-state index in [1.807, 2.05) is 0 Å². The highest BCUT2D eigenvalue weighted by Gasteiger charge is 2.44. The lowest BCUT2D eigenvalue weighted by molar-refractivity contribution is -0.132. The molecule has 100 valence electrons. The van der Waals surface area contributed by atoms with Crippen molar-refractivity contribution < 1.29 is 9.53 Å². The Hall–Kier alpha value is -1.08. The van der Waals surface area contributed by atoms with E-state index in [9.17, 15) is 4.79 Å². The summed E-state index contributed by atoms with van der Waals surface area (Å²) in [4.78, 5) is 11.8. The van der Waals surface area contributed by atoms with E-state index >= 15 is 0 Å². The van der Waals surface area contributed by atoms with Gasteiger partial charge in [0.2, 0.25) is 5.91 Å². The zero-order valence-electron chi connectivity index (χ0n) is 10.9. The van der Waals surface area contributed by atoms with Crippen molar-refractivity contribution in [2.75, 3.05) is 13.2 Å². The number of ether oxygens (including phenoxy) is 1. The van der Waals surface area contributed by atoms with Crippen molar-refractivity contribution in [2.45, 2.75) is 57.5 Å². The first-order valence-electron chi connectivity index (χ1n) is 7.08. The molecule has 2 fully saturated rings. The van der Waals surface area contributed by atoms with E-state index in [-0.39, 0.29) is 5.91 Å². The van der Waals surface area contributed by atoms with Crippen molar-refractivity contribution in [1.82, 2.24) is 5.32 Å². The molecule has 0 unspecified atom stereocenters. The topological polar surface area (TPSA) is 62.1 Å². The number of hydrogen-bond acceptors (Lipinski definition) is 3. The summed E-state index contributed by atoms with van der Waals surface area (Å²) >= 11 is 0. The Morgan fingerprint density at radius 3 is 2.56 bits per heavy atom. The highest BCUT2D eigenvalue weighted by Crippen LogP contribution is 2.40. The van der Waals surface area contributed by atoms with Gasteiger partial charge >= 0.3 is 0 Å². The van der Waals surface area contributed by atoms with Crippen LogP contribution in [0.5, 0.6) is 0 Å². The van der Waals surface area contributed by atoms with Crippen molar-refractivity contribution in [1.29, 1.82) is 5.26 Å². The number of nitrogens with one attached hydrogen (secondary N) is 1. The van der Waals surface area contributed by atoms with Gasteiger partial charge in [-0.2, -0.15) is 5.26 Å². The molecule has 0 aromatic carbocycles. The molecule has 0 aliphatic heterocycles. The van der Waals surface area contributed by atoms with Crippen molar-refractivity contribution in [2.24, 2.45) is 5.41 Å². The molecule has 0 aromatic rings. The van der Waals surface area contributed by atoms with Gasteiger partial charge in [0, 0.05) is 6.54 Å². The predicted molar refractivity (Wildman–Crippen MR) is 67.7 cm³/mol. The lowest BCUT2D eigenvalue weighted by Crippen LogP contribution is -2.45. The molecule has 4 heteroatoms. The quantitative estimate of drug-likeness (QED) is 0.760. The van der Waals surface area contributed by atoms with Crippen molar-refractivity contribution in [3.63, 3.8) is 0 Å². The molecule has 0 heterocycles. The van der Waals surface area contributed by atoms with Gasteiger partial charge in [0.05, 0.1) is 18.8 Å². The molecule has 4 nitrogen and oxygen atoms in total. The molecule has 18 heavy (non-hydrogen) atoms. The van der Waals surface area contributed by atoms with Gasteiger partial charge in [-0.05, 0) is 32.1 Å². The van der Waals surface area contributed by atoms with Crippen LogP contribution in [0.3, 0.4) is 0 Å². The highest BCUT2D eigenvalue weighted by molar-refractivity contribution is 5.86. The van der Waals surface area contributed by atoms with E-state index < -0.39 is 5.41 Å². The summed E-state index contributed by atoms with van der Waals surface area (Å²) in [6.07, 6.45) is 8.91. The number of amides is 1. The van der Waals surface area contributed by atoms with Gasteiger partial charge in [-0.15, -0.1) is 0 Å². The molecule has 0 aromatic heterocycles. The Balaban J connectivity index is 1.60. The first-order chi connectivity index (χ1) is 8.77. The fraction of sp³-hybridized carbons (Fsp3) is 0.857. The third-order valence-electron chi connectivity index (χ3n) is 4.15. The molecule has 2 rings (SSSR count). The van der Waals surface area contributed by atoms with E-state index in [2.05, 4.69) is 11.4 Å². The zero-order valence-corrected chi connectivity index (χ0v) is 10.9.